The summed E-state index contributed by atoms with van der Waals surface area (Å²) in [5.41, 5.74) is 1.31. The molecule has 10 heteroatoms. The molecule has 0 N–H and O–H groups in total. The van der Waals surface area contributed by atoms with Crippen molar-refractivity contribution in [1.29, 1.82) is 0 Å². The fourth-order valence-electron chi connectivity index (χ4n) is 4.11. The molecule has 1 aliphatic rings. The van der Waals surface area contributed by atoms with Crippen LogP contribution < -0.4 is 5.69 Å². The topological polar surface area (TPSA) is 85.9 Å². The number of carbonyl (C=O) groups is 1. The summed E-state index contributed by atoms with van der Waals surface area (Å²) < 4.78 is 15.9. The predicted molar refractivity (Wildman–Crippen MR) is 122 cm³/mol. The van der Waals surface area contributed by atoms with E-state index in [2.05, 4.69) is 15.1 Å². The van der Waals surface area contributed by atoms with Crippen LogP contribution in [0.1, 0.15) is 28.3 Å². The third kappa shape index (κ3) is 4.09. The van der Waals surface area contributed by atoms with Crippen LogP contribution in [0.15, 0.2) is 59.8 Å². The Morgan fingerprint density at radius 2 is 2.03 bits per heavy atom. The van der Waals surface area contributed by atoms with Crippen LogP contribution in [0.3, 0.4) is 0 Å². The molecule has 0 unspecified atom stereocenters. The molecule has 5 rings (SSSR count). The second-order valence-electron chi connectivity index (χ2n) is 7.86. The van der Waals surface area contributed by atoms with Crippen molar-refractivity contribution in [3.05, 3.63) is 82.0 Å². The predicted octanol–water partition coefficient (Wildman–Crippen LogP) is 3.30. The van der Waals surface area contributed by atoms with Crippen molar-refractivity contribution in [2.75, 3.05) is 6.54 Å². The van der Waals surface area contributed by atoms with Crippen molar-refractivity contribution in [2.45, 2.75) is 32.4 Å². The van der Waals surface area contributed by atoms with E-state index in [-0.39, 0.29) is 30.0 Å². The van der Waals surface area contributed by atoms with Crippen LogP contribution in [0.5, 0.6) is 0 Å². The number of carbonyl (C=O) groups excluding carboxylic acids is 1. The molecule has 0 spiro atoms. The first kappa shape index (κ1) is 21.2. The SMILES string of the molecule is Cc1nc(C(=O)N2CCC[C@H]2Cn2ncn(-c3ccc(F)cc3)c2=O)c(-c2ccccn2)s1. The molecule has 1 aliphatic heterocycles. The minimum Gasteiger partial charge on any atom is -0.332 e. The number of hydrogen-bond acceptors (Lipinski definition) is 6. The van der Waals surface area contributed by atoms with Gasteiger partial charge in [-0.15, -0.1) is 11.3 Å². The Morgan fingerprint density at radius 1 is 1.21 bits per heavy atom. The Labute approximate surface area is 193 Å². The average Bonchev–Trinajstić information content (AvgIpc) is 3.54. The van der Waals surface area contributed by atoms with E-state index in [0.717, 1.165) is 28.4 Å². The molecule has 0 radical (unpaired) electrons. The summed E-state index contributed by atoms with van der Waals surface area (Å²) in [5, 5.41) is 5.02. The molecule has 0 bridgehead atoms. The molecule has 1 amide bonds. The molecular formula is C23H21FN6O2S. The van der Waals surface area contributed by atoms with E-state index in [1.54, 1.807) is 11.1 Å². The largest absolute Gasteiger partial charge is 0.350 e. The Kier molecular flexibility index (Phi) is 5.59. The van der Waals surface area contributed by atoms with Crippen LogP contribution in [0.2, 0.25) is 0 Å². The molecular weight excluding hydrogens is 443 g/mol. The molecule has 1 aromatic carbocycles. The number of aromatic nitrogens is 5. The van der Waals surface area contributed by atoms with Gasteiger partial charge in [0.2, 0.25) is 0 Å². The number of hydrogen-bond donors (Lipinski definition) is 0. The summed E-state index contributed by atoms with van der Waals surface area (Å²) in [6.07, 6.45) is 4.72. The van der Waals surface area contributed by atoms with Gasteiger partial charge >= 0.3 is 5.69 Å². The first-order valence-electron chi connectivity index (χ1n) is 10.6. The first-order valence-corrected chi connectivity index (χ1v) is 11.4. The zero-order chi connectivity index (χ0) is 22.9. The highest BCUT2D eigenvalue weighted by Crippen LogP contribution is 2.31. The molecule has 4 aromatic rings. The molecule has 8 nitrogen and oxygen atoms in total. The number of rotatable bonds is 5. The van der Waals surface area contributed by atoms with Gasteiger partial charge in [-0.3, -0.25) is 9.78 Å². The van der Waals surface area contributed by atoms with Gasteiger partial charge < -0.3 is 4.90 Å². The minimum absolute atomic E-state index is 0.159. The summed E-state index contributed by atoms with van der Waals surface area (Å²) in [7, 11) is 0. The number of benzene rings is 1. The highest BCUT2D eigenvalue weighted by molar-refractivity contribution is 7.15. The first-order chi connectivity index (χ1) is 16.0. The van der Waals surface area contributed by atoms with Crippen molar-refractivity contribution in [3.8, 4) is 16.3 Å². The maximum Gasteiger partial charge on any atom is 0.350 e. The number of halogens is 1. The molecule has 1 fully saturated rings. The van der Waals surface area contributed by atoms with Gasteiger partial charge in [-0.2, -0.15) is 5.10 Å². The number of likely N-dealkylation sites (tertiary alicyclic amines) is 1. The van der Waals surface area contributed by atoms with E-state index < -0.39 is 0 Å². The summed E-state index contributed by atoms with van der Waals surface area (Å²) >= 11 is 1.45. The maximum absolute atomic E-state index is 13.5. The standard InChI is InChI=1S/C23H21FN6O2S/c1-15-27-20(21(33-15)19-6-2-3-11-25-19)22(31)28-12-4-5-18(28)13-30-23(32)29(14-26-30)17-9-7-16(24)8-10-17/h2-3,6-11,14,18H,4-5,12-13H2,1H3/t18-/m0/s1. The van der Waals surface area contributed by atoms with E-state index in [1.165, 1.54) is 51.2 Å². The summed E-state index contributed by atoms with van der Waals surface area (Å²) in [5.74, 6) is -0.532. The normalized spacial score (nSPS) is 15.8. The highest BCUT2D eigenvalue weighted by Gasteiger charge is 2.33. The van der Waals surface area contributed by atoms with E-state index in [4.69, 9.17) is 0 Å². The second kappa shape index (κ2) is 8.70. The van der Waals surface area contributed by atoms with Gasteiger partial charge in [-0.25, -0.2) is 23.4 Å². The summed E-state index contributed by atoms with van der Waals surface area (Å²) in [6, 6.07) is 11.1. The molecule has 0 aliphatic carbocycles. The molecule has 1 atom stereocenters. The fraction of sp³-hybridized carbons (Fsp3) is 0.261. The van der Waals surface area contributed by atoms with Crippen molar-refractivity contribution in [3.63, 3.8) is 0 Å². The van der Waals surface area contributed by atoms with Crippen LogP contribution >= 0.6 is 11.3 Å². The van der Waals surface area contributed by atoms with Crippen LogP contribution in [-0.4, -0.2) is 47.7 Å². The lowest BCUT2D eigenvalue weighted by Crippen LogP contribution is -2.40. The monoisotopic (exact) mass is 464 g/mol. The number of aryl methyl sites for hydroxylation is 1. The third-order valence-electron chi connectivity index (χ3n) is 5.69. The number of nitrogens with zero attached hydrogens (tertiary/aromatic N) is 6. The van der Waals surface area contributed by atoms with Gasteiger partial charge in [0.05, 0.1) is 33.9 Å². The van der Waals surface area contributed by atoms with Crippen LogP contribution in [0.25, 0.3) is 16.3 Å². The lowest BCUT2D eigenvalue weighted by Gasteiger charge is -2.24. The van der Waals surface area contributed by atoms with Gasteiger partial charge in [0.25, 0.3) is 5.91 Å². The lowest BCUT2D eigenvalue weighted by molar-refractivity contribution is 0.0716. The van der Waals surface area contributed by atoms with Gasteiger partial charge in [0.15, 0.2) is 0 Å². The second-order valence-corrected chi connectivity index (χ2v) is 9.07. The van der Waals surface area contributed by atoms with E-state index in [0.29, 0.717) is 17.9 Å². The Morgan fingerprint density at radius 3 is 2.79 bits per heavy atom. The Balaban J connectivity index is 1.40. The highest BCUT2D eigenvalue weighted by atomic mass is 32.1. The quantitative estimate of drug-likeness (QED) is 0.452. The van der Waals surface area contributed by atoms with Crippen molar-refractivity contribution >= 4 is 17.2 Å². The minimum atomic E-state index is -0.373. The van der Waals surface area contributed by atoms with Gasteiger partial charge in [0.1, 0.15) is 17.8 Å². The van der Waals surface area contributed by atoms with E-state index in [1.807, 2.05) is 25.1 Å². The summed E-state index contributed by atoms with van der Waals surface area (Å²) in [4.78, 5) is 37.8. The van der Waals surface area contributed by atoms with Crippen LogP contribution in [0, 0.1) is 12.7 Å². The molecule has 0 saturated carbocycles. The molecule has 1 saturated heterocycles. The maximum atomic E-state index is 13.5. The zero-order valence-corrected chi connectivity index (χ0v) is 18.7. The van der Waals surface area contributed by atoms with E-state index in [9.17, 15) is 14.0 Å². The molecule has 4 heterocycles. The molecule has 33 heavy (non-hydrogen) atoms. The third-order valence-corrected chi connectivity index (χ3v) is 6.69. The van der Waals surface area contributed by atoms with Crippen molar-refractivity contribution in [2.24, 2.45) is 0 Å². The molecule has 168 valence electrons. The van der Waals surface area contributed by atoms with Crippen LogP contribution in [-0.2, 0) is 6.54 Å². The number of thiazole rings is 1. The van der Waals surface area contributed by atoms with E-state index >= 15 is 0 Å². The lowest BCUT2D eigenvalue weighted by atomic mass is 10.2. The van der Waals surface area contributed by atoms with Crippen LogP contribution in [0.4, 0.5) is 4.39 Å². The van der Waals surface area contributed by atoms with Gasteiger partial charge in [-0.1, -0.05) is 6.07 Å². The average molecular weight is 465 g/mol. The number of amides is 1. The Bertz CT molecular complexity index is 1350. The Hall–Kier alpha value is -3.66. The van der Waals surface area contributed by atoms with Crippen molar-refractivity contribution in [1.82, 2.24) is 29.2 Å². The summed E-state index contributed by atoms with van der Waals surface area (Å²) in [6.45, 7) is 2.74. The van der Waals surface area contributed by atoms with Crippen molar-refractivity contribution < 1.29 is 9.18 Å². The molecule has 3 aromatic heterocycles. The smallest absolute Gasteiger partial charge is 0.332 e. The zero-order valence-electron chi connectivity index (χ0n) is 17.9. The fourth-order valence-corrected chi connectivity index (χ4v) is 5.00. The number of pyridine rings is 1. The van der Waals surface area contributed by atoms with Gasteiger partial charge in [-0.05, 0) is 56.2 Å². The van der Waals surface area contributed by atoms with Gasteiger partial charge in [0, 0.05) is 12.7 Å².